The van der Waals surface area contributed by atoms with Crippen molar-refractivity contribution in [2.75, 3.05) is 0 Å². The molecule has 0 saturated heterocycles. The summed E-state index contributed by atoms with van der Waals surface area (Å²) in [6.45, 7) is 11.8. The lowest BCUT2D eigenvalue weighted by Crippen LogP contribution is -2.30. The minimum atomic E-state index is -0.123. The highest BCUT2D eigenvalue weighted by atomic mass is 15.1. The van der Waals surface area contributed by atoms with Crippen LogP contribution >= 0.6 is 0 Å². The number of benzene rings is 3. The fourth-order valence-electron chi connectivity index (χ4n) is 7.90. The molecule has 2 heteroatoms. The topological polar surface area (TPSA) is 9.86 Å². The molecule has 3 atom stereocenters. The van der Waals surface area contributed by atoms with E-state index in [9.17, 15) is 0 Å². The summed E-state index contributed by atoms with van der Waals surface area (Å²) in [6.07, 6.45) is 19.9. The van der Waals surface area contributed by atoms with Crippen LogP contribution in [-0.2, 0) is 18.4 Å². The van der Waals surface area contributed by atoms with E-state index in [0.29, 0.717) is 11.8 Å². The molecule has 2 aromatic heterocycles. The monoisotopic (exact) mass is 574 g/mol. The number of para-hydroxylation sites is 2. The molecule has 2 nitrogen and oxygen atoms in total. The number of hydrogen-bond acceptors (Lipinski definition) is 0. The van der Waals surface area contributed by atoms with Gasteiger partial charge in [0.15, 0.2) is 0 Å². The van der Waals surface area contributed by atoms with Crippen molar-refractivity contribution >= 4 is 39.5 Å². The summed E-state index contributed by atoms with van der Waals surface area (Å²) >= 11 is 0. The molecule has 0 N–H and O–H groups in total. The number of rotatable bonds is 3. The number of aromatic nitrogens is 2. The lowest BCUT2D eigenvalue weighted by Gasteiger charge is -2.35. The summed E-state index contributed by atoms with van der Waals surface area (Å²) in [6, 6.07) is 27.1. The van der Waals surface area contributed by atoms with Gasteiger partial charge in [-0.1, -0.05) is 107 Å². The second-order valence-corrected chi connectivity index (χ2v) is 14.6. The molecule has 0 radical (unpaired) electrons. The molecular formula is C42H42N2. The molecular weight excluding hydrogens is 532 g/mol. The fourth-order valence-corrected chi connectivity index (χ4v) is 7.90. The SMILES string of the molecule is CC1C=Cc2c(c3ccccc3n2-c2ccc(C3=CCC(C)(n4c5c(c6ccccc64)CC(C(C)(C)C)C=C5)C=C3)cc2)C1. The van der Waals surface area contributed by atoms with E-state index in [1.54, 1.807) is 0 Å². The van der Waals surface area contributed by atoms with Gasteiger partial charge >= 0.3 is 0 Å². The second kappa shape index (κ2) is 9.86. The molecule has 0 amide bonds. The van der Waals surface area contributed by atoms with Gasteiger partial charge in [0.25, 0.3) is 0 Å². The highest BCUT2D eigenvalue weighted by Crippen LogP contribution is 2.44. The van der Waals surface area contributed by atoms with Crippen LogP contribution in [0.25, 0.3) is 45.2 Å². The van der Waals surface area contributed by atoms with E-state index >= 15 is 0 Å². The largest absolute Gasteiger partial charge is 0.331 e. The van der Waals surface area contributed by atoms with Crippen LogP contribution in [0, 0.1) is 17.3 Å². The third-order valence-electron chi connectivity index (χ3n) is 10.5. The van der Waals surface area contributed by atoms with E-state index in [4.69, 9.17) is 0 Å². The van der Waals surface area contributed by atoms with Crippen LogP contribution in [0.5, 0.6) is 0 Å². The molecule has 5 aromatic rings. The predicted octanol–water partition coefficient (Wildman–Crippen LogP) is 10.8. The van der Waals surface area contributed by atoms with E-state index in [2.05, 4.69) is 159 Å². The minimum Gasteiger partial charge on any atom is -0.331 e. The van der Waals surface area contributed by atoms with Crippen LogP contribution in [0.4, 0.5) is 0 Å². The van der Waals surface area contributed by atoms with Crippen LogP contribution in [0.15, 0.2) is 103 Å². The first kappa shape index (κ1) is 27.3. The van der Waals surface area contributed by atoms with E-state index < -0.39 is 0 Å². The Labute approximate surface area is 261 Å². The molecule has 0 aliphatic heterocycles. The second-order valence-electron chi connectivity index (χ2n) is 14.6. The molecule has 3 aliphatic rings. The molecule has 0 spiro atoms. The Kier molecular flexibility index (Phi) is 6.11. The average molecular weight is 575 g/mol. The van der Waals surface area contributed by atoms with Crippen LogP contribution in [0.2, 0.25) is 0 Å². The first-order valence-corrected chi connectivity index (χ1v) is 16.3. The maximum absolute atomic E-state index is 2.61. The van der Waals surface area contributed by atoms with Gasteiger partial charge in [0.2, 0.25) is 0 Å². The molecule has 0 saturated carbocycles. The quantitative estimate of drug-likeness (QED) is 0.203. The first-order chi connectivity index (χ1) is 21.2. The summed E-state index contributed by atoms with van der Waals surface area (Å²) in [5.41, 5.74) is 12.3. The lowest BCUT2D eigenvalue weighted by atomic mass is 9.74. The van der Waals surface area contributed by atoms with Crippen LogP contribution in [-0.4, -0.2) is 9.13 Å². The average Bonchev–Trinajstić information content (AvgIpc) is 3.54. The minimum absolute atomic E-state index is 0.123. The predicted molar refractivity (Wildman–Crippen MR) is 188 cm³/mol. The zero-order valence-electron chi connectivity index (χ0n) is 26.6. The van der Waals surface area contributed by atoms with Gasteiger partial charge in [-0.3, -0.25) is 0 Å². The van der Waals surface area contributed by atoms with Gasteiger partial charge in [0.05, 0.1) is 11.1 Å². The van der Waals surface area contributed by atoms with Crippen molar-refractivity contribution in [2.24, 2.45) is 17.3 Å². The van der Waals surface area contributed by atoms with Gasteiger partial charge in [-0.2, -0.15) is 0 Å². The van der Waals surface area contributed by atoms with Crippen molar-refractivity contribution in [3.8, 4) is 5.69 Å². The van der Waals surface area contributed by atoms with E-state index in [-0.39, 0.29) is 11.0 Å². The van der Waals surface area contributed by atoms with Gasteiger partial charge in [-0.25, -0.2) is 0 Å². The summed E-state index contributed by atoms with van der Waals surface area (Å²) in [5, 5.41) is 2.79. The van der Waals surface area contributed by atoms with Gasteiger partial charge in [-0.15, -0.1) is 0 Å². The molecule has 0 fully saturated rings. The zero-order valence-corrected chi connectivity index (χ0v) is 26.6. The van der Waals surface area contributed by atoms with Crippen molar-refractivity contribution < 1.29 is 0 Å². The maximum atomic E-state index is 2.61. The smallest absolute Gasteiger partial charge is 0.0643 e. The third-order valence-corrected chi connectivity index (χ3v) is 10.5. The van der Waals surface area contributed by atoms with Crippen LogP contribution in [0.3, 0.4) is 0 Å². The molecule has 2 heterocycles. The van der Waals surface area contributed by atoms with Crippen molar-refractivity contribution in [2.45, 2.75) is 59.4 Å². The van der Waals surface area contributed by atoms with Gasteiger partial charge in [0.1, 0.15) is 0 Å². The highest BCUT2D eigenvalue weighted by Gasteiger charge is 2.34. The zero-order chi connectivity index (χ0) is 30.2. The van der Waals surface area contributed by atoms with Crippen molar-refractivity contribution in [1.29, 1.82) is 0 Å². The third kappa shape index (κ3) is 4.22. The van der Waals surface area contributed by atoms with E-state index in [1.165, 1.54) is 61.1 Å². The Morgan fingerprint density at radius 3 is 2.09 bits per heavy atom. The van der Waals surface area contributed by atoms with Gasteiger partial charge in [-0.05, 0) is 102 Å². The molecule has 0 bridgehead atoms. The number of fused-ring (bicyclic) bond motifs is 6. The Morgan fingerprint density at radius 1 is 0.727 bits per heavy atom. The standard InChI is InChI=1S/C42H42N2/c1-28-14-20-38-35(26-28)33-10-6-8-12-37(33)43(38)32-18-15-29(16-19-32)30-22-24-42(5,25-23-30)44-39-13-9-7-11-34(39)36-27-31(41(2,3)4)17-21-40(36)44/h6-24,28,31H,25-27H2,1-5H3. The van der Waals surface area contributed by atoms with Crippen molar-refractivity contribution in [1.82, 2.24) is 9.13 Å². The fraction of sp³-hybridized carbons (Fsp3) is 0.286. The van der Waals surface area contributed by atoms with E-state index in [1.807, 2.05) is 0 Å². The molecule has 8 rings (SSSR count). The lowest BCUT2D eigenvalue weighted by molar-refractivity contribution is 0.290. The summed E-state index contributed by atoms with van der Waals surface area (Å²) in [4.78, 5) is 0. The Morgan fingerprint density at radius 2 is 1.39 bits per heavy atom. The van der Waals surface area contributed by atoms with Gasteiger partial charge in [0, 0.05) is 33.4 Å². The molecule has 220 valence electrons. The van der Waals surface area contributed by atoms with Crippen molar-refractivity contribution in [3.63, 3.8) is 0 Å². The molecule has 3 aliphatic carbocycles. The van der Waals surface area contributed by atoms with E-state index in [0.717, 1.165) is 19.3 Å². The Hall–Kier alpha value is -4.30. The maximum Gasteiger partial charge on any atom is 0.0643 e. The number of hydrogen-bond donors (Lipinski definition) is 0. The number of allylic oxidation sites excluding steroid dienone is 6. The highest BCUT2D eigenvalue weighted by molar-refractivity contribution is 5.91. The molecule has 3 aromatic carbocycles. The Balaban J connectivity index is 1.12. The molecule has 44 heavy (non-hydrogen) atoms. The molecule has 3 unspecified atom stereocenters. The Bertz CT molecular complexity index is 2050. The van der Waals surface area contributed by atoms with Gasteiger partial charge < -0.3 is 9.13 Å². The summed E-state index contributed by atoms with van der Waals surface area (Å²) in [5.74, 6) is 1.12. The van der Waals surface area contributed by atoms with Crippen molar-refractivity contribution in [3.05, 3.63) is 131 Å². The summed E-state index contributed by atoms with van der Waals surface area (Å²) in [7, 11) is 0. The van der Waals surface area contributed by atoms with Crippen LogP contribution in [0.1, 0.15) is 69.1 Å². The number of nitrogens with zero attached hydrogens (tertiary/aromatic N) is 2. The summed E-state index contributed by atoms with van der Waals surface area (Å²) < 4.78 is 5.05. The van der Waals surface area contributed by atoms with Crippen LogP contribution < -0.4 is 0 Å². The normalized spacial score (nSPS) is 22.8. The first-order valence-electron chi connectivity index (χ1n) is 16.3.